The van der Waals surface area contributed by atoms with Crippen LogP contribution >= 0.6 is 0 Å². The van der Waals surface area contributed by atoms with E-state index in [1.165, 1.54) is 18.9 Å². The van der Waals surface area contributed by atoms with Gasteiger partial charge in [0.05, 0.1) is 18.9 Å². The second-order valence-corrected chi connectivity index (χ2v) is 8.52. The molecule has 3 aromatic rings. The first kappa shape index (κ1) is 24.5. The summed E-state index contributed by atoms with van der Waals surface area (Å²) in [5, 5.41) is 3.95. The van der Waals surface area contributed by atoms with Crippen molar-refractivity contribution < 1.29 is 23.8 Å². The van der Waals surface area contributed by atoms with Gasteiger partial charge >= 0.3 is 5.97 Å². The Kier molecular flexibility index (Phi) is 8.03. The highest BCUT2D eigenvalue weighted by Crippen LogP contribution is 2.28. The average molecular weight is 461 g/mol. The Morgan fingerprint density at radius 1 is 0.941 bits per heavy atom. The summed E-state index contributed by atoms with van der Waals surface area (Å²) in [7, 11) is 1.48. The normalized spacial score (nSPS) is 11.2. The lowest BCUT2D eigenvalue weighted by atomic mass is 9.87. The summed E-state index contributed by atoms with van der Waals surface area (Å²) in [5.41, 5.74) is 4.74. The van der Waals surface area contributed by atoms with Crippen LogP contribution in [0.4, 0.5) is 0 Å². The number of hydrogen-bond donors (Lipinski definition) is 1. The first-order valence-corrected chi connectivity index (χ1v) is 10.8. The highest BCUT2D eigenvalue weighted by Gasteiger charge is 2.14. The van der Waals surface area contributed by atoms with Crippen molar-refractivity contribution in [3.63, 3.8) is 0 Å². The summed E-state index contributed by atoms with van der Waals surface area (Å²) < 4.78 is 16.3. The van der Waals surface area contributed by atoms with Gasteiger partial charge in [-0.1, -0.05) is 51.1 Å². The third-order valence-corrected chi connectivity index (χ3v) is 4.89. The van der Waals surface area contributed by atoms with E-state index in [4.69, 9.17) is 14.2 Å². The number of methoxy groups -OCH3 is 1. The number of carbonyl (C=O) groups excluding carboxylic acids is 2. The molecule has 0 bridgehead atoms. The second-order valence-electron chi connectivity index (χ2n) is 8.52. The monoisotopic (exact) mass is 460 g/mol. The summed E-state index contributed by atoms with van der Waals surface area (Å²) in [6.07, 6.45) is 1.46. The molecule has 1 N–H and O–H groups in total. The third kappa shape index (κ3) is 6.93. The SMILES string of the molecule is COc1cc(/C=N/NC(=O)COc2ccc(C(C)(C)C)cc2)ccc1OC(=O)c1ccccc1. The van der Waals surface area contributed by atoms with E-state index in [-0.39, 0.29) is 17.8 Å². The molecule has 0 aliphatic heterocycles. The van der Waals surface area contributed by atoms with Gasteiger partial charge in [0.25, 0.3) is 5.91 Å². The molecule has 0 unspecified atom stereocenters. The van der Waals surface area contributed by atoms with E-state index in [2.05, 4.69) is 31.3 Å². The van der Waals surface area contributed by atoms with Gasteiger partial charge in [0, 0.05) is 0 Å². The van der Waals surface area contributed by atoms with Crippen molar-refractivity contribution in [3.05, 3.63) is 89.5 Å². The number of esters is 1. The van der Waals surface area contributed by atoms with Crippen LogP contribution in [0.15, 0.2) is 77.9 Å². The molecule has 0 heterocycles. The van der Waals surface area contributed by atoms with E-state index in [0.717, 1.165) is 0 Å². The molecule has 1 amide bonds. The van der Waals surface area contributed by atoms with Gasteiger partial charge in [-0.15, -0.1) is 0 Å². The molecule has 0 saturated carbocycles. The van der Waals surface area contributed by atoms with Crippen molar-refractivity contribution in [1.29, 1.82) is 0 Å². The first-order chi connectivity index (χ1) is 16.3. The van der Waals surface area contributed by atoms with Crippen molar-refractivity contribution in [2.24, 2.45) is 5.10 Å². The van der Waals surface area contributed by atoms with Gasteiger partial charge in [0.2, 0.25) is 0 Å². The number of hydrogen-bond acceptors (Lipinski definition) is 6. The molecule has 0 spiro atoms. The zero-order chi connectivity index (χ0) is 24.6. The molecule has 0 aromatic heterocycles. The predicted octanol–water partition coefficient (Wildman–Crippen LogP) is 4.74. The minimum Gasteiger partial charge on any atom is -0.493 e. The van der Waals surface area contributed by atoms with Crippen molar-refractivity contribution in [3.8, 4) is 17.2 Å². The zero-order valence-corrected chi connectivity index (χ0v) is 19.7. The molecule has 176 valence electrons. The van der Waals surface area contributed by atoms with Crippen LogP contribution in [-0.4, -0.2) is 31.8 Å². The van der Waals surface area contributed by atoms with E-state index in [1.54, 1.807) is 42.5 Å². The molecular formula is C27H28N2O5. The van der Waals surface area contributed by atoms with Crippen LogP contribution in [0.2, 0.25) is 0 Å². The van der Waals surface area contributed by atoms with Gasteiger partial charge in [-0.05, 0) is 59.0 Å². The molecule has 7 heteroatoms. The topological polar surface area (TPSA) is 86.2 Å². The van der Waals surface area contributed by atoms with Crippen LogP contribution in [0.25, 0.3) is 0 Å². The number of ether oxygens (including phenoxy) is 3. The van der Waals surface area contributed by atoms with Gasteiger partial charge in [0.1, 0.15) is 5.75 Å². The maximum absolute atomic E-state index is 12.3. The Hall–Kier alpha value is -4.13. The number of nitrogens with zero attached hydrogens (tertiary/aromatic N) is 1. The van der Waals surface area contributed by atoms with Crippen LogP contribution in [0.1, 0.15) is 42.3 Å². The number of rotatable bonds is 8. The predicted molar refractivity (Wildman–Crippen MR) is 131 cm³/mol. The van der Waals surface area contributed by atoms with Gasteiger partial charge in [0.15, 0.2) is 18.1 Å². The first-order valence-electron chi connectivity index (χ1n) is 10.8. The Bertz CT molecular complexity index is 1150. The Morgan fingerprint density at radius 3 is 2.29 bits per heavy atom. The summed E-state index contributed by atoms with van der Waals surface area (Å²) in [6.45, 7) is 6.24. The highest BCUT2D eigenvalue weighted by atomic mass is 16.6. The minimum absolute atomic E-state index is 0.0506. The molecule has 0 fully saturated rings. The summed E-state index contributed by atoms with van der Waals surface area (Å²) in [5.74, 6) is 0.375. The molecule has 3 aromatic carbocycles. The summed E-state index contributed by atoms with van der Waals surface area (Å²) in [4.78, 5) is 24.3. The summed E-state index contributed by atoms with van der Waals surface area (Å²) >= 11 is 0. The Balaban J connectivity index is 1.52. The molecule has 3 rings (SSSR count). The number of amides is 1. The van der Waals surface area contributed by atoms with Gasteiger partial charge < -0.3 is 14.2 Å². The second kappa shape index (κ2) is 11.1. The minimum atomic E-state index is -0.486. The number of nitrogens with one attached hydrogen (secondary N) is 1. The quantitative estimate of drug-likeness (QED) is 0.227. The molecule has 7 nitrogen and oxygen atoms in total. The smallest absolute Gasteiger partial charge is 0.343 e. The van der Waals surface area contributed by atoms with Crippen molar-refractivity contribution in [2.45, 2.75) is 26.2 Å². The highest BCUT2D eigenvalue weighted by molar-refractivity contribution is 5.91. The van der Waals surface area contributed by atoms with Crippen molar-refractivity contribution in [1.82, 2.24) is 5.43 Å². The van der Waals surface area contributed by atoms with E-state index >= 15 is 0 Å². The molecule has 0 aliphatic rings. The average Bonchev–Trinajstić information content (AvgIpc) is 2.83. The number of benzene rings is 3. The van der Waals surface area contributed by atoms with E-state index in [1.807, 2.05) is 30.3 Å². The van der Waals surface area contributed by atoms with Crippen LogP contribution in [0, 0.1) is 0 Å². The van der Waals surface area contributed by atoms with Gasteiger partial charge in [-0.3, -0.25) is 4.79 Å². The molecule has 34 heavy (non-hydrogen) atoms. The van der Waals surface area contributed by atoms with Gasteiger partial charge in [-0.2, -0.15) is 5.10 Å². The van der Waals surface area contributed by atoms with Crippen LogP contribution < -0.4 is 19.6 Å². The lowest BCUT2D eigenvalue weighted by molar-refractivity contribution is -0.123. The van der Waals surface area contributed by atoms with Crippen LogP contribution in [0.5, 0.6) is 17.2 Å². The van der Waals surface area contributed by atoms with Gasteiger partial charge in [-0.25, -0.2) is 10.2 Å². The fourth-order valence-electron chi connectivity index (χ4n) is 2.99. The van der Waals surface area contributed by atoms with Crippen LogP contribution in [-0.2, 0) is 10.2 Å². The van der Waals surface area contributed by atoms with E-state index in [9.17, 15) is 9.59 Å². The molecule has 0 aliphatic carbocycles. The number of hydrazone groups is 1. The molecule has 0 saturated heterocycles. The fraction of sp³-hybridized carbons (Fsp3) is 0.222. The lowest BCUT2D eigenvalue weighted by Gasteiger charge is -2.19. The zero-order valence-electron chi connectivity index (χ0n) is 19.7. The number of carbonyl (C=O) groups is 2. The van der Waals surface area contributed by atoms with Crippen molar-refractivity contribution >= 4 is 18.1 Å². The Morgan fingerprint density at radius 2 is 1.65 bits per heavy atom. The van der Waals surface area contributed by atoms with Crippen LogP contribution in [0.3, 0.4) is 0 Å². The lowest BCUT2D eigenvalue weighted by Crippen LogP contribution is -2.24. The van der Waals surface area contributed by atoms with E-state index < -0.39 is 11.9 Å². The fourth-order valence-corrected chi connectivity index (χ4v) is 2.99. The molecular weight excluding hydrogens is 432 g/mol. The Labute approximate surface area is 199 Å². The third-order valence-electron chi connectivity index (χ3n) is 4.89. The molecule has 0 atom stereocenters. The van der Waals surface area contributed by atoms with E-state index in [0.29, 0.717) is 22.6 Å². The molecule has 0 radical (unpaired) electrons. The maximum atomic E-state index is 12.3. The standard InChI is InChI=1S/C27H28N2O5/c1-27(2,3)21-11-13-22(14-12-21)33-18-25(30)29-28-17-19-10-15-23(24(16-19)32-4)34-26(31)20-8-6-5-7-9-20/h5-17H,18H2,1-4H3,(H,29,30)/b28-17+. The summed E-state index contributed by atoms with van der Waals surface area (Å²) in [6, 6.07) is 21.3. The van der Waals surface area contributed by atoms with Crippen molar-refractivity contribution in [2.75, 3.05) is 13.7 Å². The largest absolute Gasteiger partial charge is 0.493 e. The maximum Gasteiger partial charge on any atom is 0.343 e.